The van der Waals surface area contributed by atoms with Crippen LogP contribution in [0.3, 0.4) is 0 Å². The number of nitrogens with two attached hydrogens (primary N) is 1. The van der Waals surface area contributed by atoms with Crippen LogP contribution >= 0.6 is 11.3 Å². The van der Waals surface area contributed by atoms with Gasteiger partial charge in [0.15, 0.2) is 0 Å². The minimum atomic E-state index is -1.67. The van der Waals surface area contributed by atoms with Crippen molar-refractivity contribution in [1.82, 2.24) is 14.1 Å². The zero-order valence-electron chi connectivity index (χ0n) is 23.8. The van der Waals surface area contributed by atoms with Crippen molar-refractivity contribution in [2.75, 3.05) is 7.11 Å². The van der Waals surface area contributed by atoms with Crippen molar-refractivity contribution < 1.29 is 28.2 Å². The van der Waals surface area contributed by atoms with Gasteiger partial charge in [0.2, 0.25) is 11.8 Å². The number of hydrogen-bond donors (Lipinski definition) is 2. The number of aromatic nitrogens is 3. The van der Waals surface area contributed by atoms with E-state index < -0.39 is 40.7 Å². The van der Waals surface area contributed by atoms with Crippen molar-refractivity contribution in [1.29, 1.82) is 0 Å². The summed E-state index contributed by atoms with van der Waals surface area (Å²) in [4.78, 5) is 45.6. The molecule has 3 aromatic heterocycles. The lowest BCUT2D eigenvalue weighted by atomic mass is 9.94. The van der Waals surface area contributed by atoms with Crippen LogP contribution in [0.5, 0.6) is 5.75 Å². The Labute approximate surface area is 244 Å². The first-order chi connectivity index (χ1) is 19.9. The second kappa shape index (κ2) is 11.5. The summed E-state index contributed by atoms with van der Waals surface area (Å²) in [5, 5.41) is 10.2. The number of benzene rings is 1. The first-order valence-electron chi connectivity index (χ1n) is 13.6. The van der Waals surface area contributed by atoms with E-state index in [1.807, 2.05) is 0 Å². The topological polar surface area (TPSA) is 152 Å². The van der Waals surface area contributed by atoms with Crippen LogP contribution in [0.15, 0.2) is 44.7 Å². The highest BCUT2D eigenvalue weighted by Crippen LogP contribution is 2.38. The predicted octanol–water partition coefficient (Wildman–Crippen LogP) is 3.62. The van der Waals surface area contributed by atoms with E-state index in [1.54, 1.807) is 6.92 Å². The number of primary amides is 1. The molecule has 4 aromatic rings. The largest absolute Gasteiger partial charge is 0.496 e. The van der Waals surface area contributed by atoms with Gasteiger partial charge >= 0.3 is 5.69 Å². The molecule has 1 aliphatic carbocycles. The molecule has 224 valence electrons. The first-order valence-corrected chi connectivity index (χ1v) is 14.4. The number of nitrogens with zero attached hydrogens (tertiary/aromatic N) is 3. The van der Waals surface area contributed by atoms with Crippen LogP contribution in [-0.4, -0.2) is 44.4 Å². The summed E-state index contributed by atoms with van der Waals surface area (Å²) in [5.41, 5.74) is 3.43. The number of rotatable bonds is 9. The number of carbonyl (C=O) groups excluding carboxylic acids is 1. The van der Waals surface area contributed by atoms with Crippen LogP contribution in [0.1, 0.15) is 56.8 Å². The molecule has 11 nitrogen and oxygen atoms in total. The molecular weight excluding hydrogens is 567 g/mol. The first kappa shape index (κ1) is 29.7. The number of aliphatic hydroxyl groups excluding tert-OH is 1. The second-order valence-corrected chi connectivity index (χ2v) is 12.0. The number of thiophene rings is 1. The molecule has 0 saturated heterocycles. The standard InChI is InChI=1S/C29H33FN4O7S/c1-15-22-25(36)34(29(2,3)27(31)37)28(38)33(26(22)42-23(15)24-32-11-12-40-24)14-21(41-18-8-6-17(35)7-9-18)19-13-16(30)5-10-20(19)39-4/h5,10-13,17-18,21,35H,6-9,14H2,1-4H3,(H2,31,37)/t17?,18?,21-/m0/s1. The van der Waals surface area contributed by atoms with Crippen LogP contribution in [0, 0.1) is 12.7 Å². The van der Waals surface area contributed by atoms with Gasteiger partial charge in [0.05, 0.1) is 42.3 Å². The van der Waals surface area contributed by atoms with E-state index in [0.29, 0.717) is 52.3 Å². The molecule has 0 spiro atoms. The Morgan fingerprint density at radius 1 is 1.29 bits per heavy atom. The fraction of sp³-hybridized carbons (Fsp3) is 0.448. The third-order valence-electron chi connectivity index (χ3n) is 7.89. The summed E-state index contributed by atoms with van der Waals surface area (Å²) in [5.74, 6) is -0.758. The fourth-order valence-corrected chi connectivity index (χ4v) is 6.64. The molecule has 1 fully saturated rings. The molecule has 13 heteroatoms. The molecule has 1 atom stereocenters. The van der Waals surface area contributed by atoms with Gasteiger partial charge in [-0.15, -0.1) is 11.3 Å². The van der Waals surface area contributed by atoms with Crippen molar-refractivity contribution in [2.24, 2.45) is 5.73 Å². The van der Waals surface area contributed by atoms with Crippen molar-refractivity contribution in [2.45, 2.75) is 76.9 Å². The molecule has 5 rings (SSSR count). The van der Waals surface area contributed by atoms with Gasteiger partial charge in [-0.25, -0.2) is 18.7 Å². The Kier molecular flexibility index (Phi) is 8.10. The zero-order chi connectivity index (χ0) is 30.3. The molecule has 3 heterocycles. The van der Waals surface area contributed by atoms with Gasteiger partial charge < -0.3 is 24.7 Å². The number of aryl methyl sites for hydroxylation is 1. The maximum absolute atomic E-state index is 14.6. The highest BCUT2D eigenvalue weighted by atomic mass is 32.1. The lowest BCUT2D eigenvalue weighted by Crippen LogP contribution is -2.54. The zero-order valence-corrected chi connectivity index (χ0v) is 24.6. The van der Waals surface area contributed by atoms with Crippen molar-refractivity contribution in [3.05, 3.63) is 68.4 Å². The molecule has 0 radical (unpaired) electrons. The fourth-order valence-electron chi connectivity index (χ4n) is 5.40. The van der Waals surface area contributed by atoms with Crippen LogP contribution in [0.4, 0.5) is 4.39 Å². The Hall–Kier alpha value is -3.81. The third-order valence-corrected chi connectivity index (χ3v) is 9.19. The lowest BCUT2D eigenvalue weighted by Gasteiger charge is -2.31. The number of hydrogen-bond acceptors (Lipinski definition) is 9. The minimum Gasteiger partial charge on any atom is -0.496 e. The van der Waals surface area contributed by atoms with E-state index in [9.17, 15) is 23.9 Å². The second-order valence-electron chi connectivity index (χ2n) is 11.0. The average molecular weight is 601 g/mol. The highest BCUT2D eigenvalue weighted by Gasteiger charge is 2.35. The molecule has 1 saturated carbocycles. The maximum Gasteiger partial charge on any atom is 0.333 e. The van der Waals surface area contributed by atoms with Gasteiger partial charge in [-0.3, -0.25) is 14.2 Å². The quantitative estimate of drug-likeness (QED) is 0.296. The number of methoxy groups -OCH3 is 1. The van der Waals surface area contributed by atoms with Crippen LogP contribution in [0.25, 0.3) is 21.0 Å². The van der Waals surface area contributed by atoms with Gasteiger partial charge in [0.1, 0.15) is 34.3 Å². The Morgan fingerprint density at radius 2 is 2.00 bits per heavy atom. The average Bonchev–Trinajstić information content (AvgIpc) is 3.59. The smallest absolute Gasteiger partial charge is 0.333 e. The van der Waals surface area contributed by atoms with Gasteiger partial charge in [-0.05, 0) is 70.2 Å². The minimum absolute atomic E-state index is 0.145. The number of ether oxygens (including phenoxy) is 2. The Morgan fingerprint density at radius 3 is 2.62 bits per heavy atom. The van der Waals surface area contributed by atoms with Crippen molar-refractivity contribution in [3.8, 4) is 16.5 Å². The van der Waals surface area contributed by atoms with Crippen LogP contribution < -0.4 is 21.7 Å². The van der Waals surface area contributed by atoms with Crippen LogP contribution in [-0.2, 0) is 21.6 Å². The number of halogens is 1. The molecule has 0 unspecified atom stereocenters. The molecule has 42 heavy (non-hydrogen) atoms. The molecule has 1 aliphatic rings. The molecule has 0 bridgehead atoms. The van der Waals surface area contributed by atoms with E-state index in [-0.39, 0.29) is 23.9 Å². The monoisotopic (exact) mass is 600 g/mol. The Bertz CT molecular complexity index is 1730. The molecule has 1 amide bonds. The van der Waals surface area contributed by atoms with E-state index in [1.165, 1.54) is 56.2 Å². The summed E-state index contributed by atoms with van der Waals surface area (Å²) >= 11 is 1.14. The van der Waals surface area contributed by atoms with E-state index in [2.05, 4.69) is 4.98 Å². The normalized spacial score (nSPS) is 18.3. The molecule has 0 aliphatic heterocycles. The summed E-state index contributed by atoms with van der Waals surface area (Å²) in [6.07, 6.45) is 3.51. The van der Waals surface area contributed by atoms with Crippen molar-refractivity contribution in [3.63, 3.8) is 0 Å². The maximum atomic E-state index is 14.6. The third kappa shape index (κ3) is 5.27. The number of aliphatic hydroxyl groups is 1. The Balaban J connectivity index is 1.75. The van der Waals surface area contributed by atoms with Gasteiger partial charge in [0.25, 0.3) is 5.56 Å². The van der Waals surface area contributed by atoms with Crippen molar-refractivity contribution >= 4 is 27.5 Å². The van der Waals surface area contributed by atoms with Gasteiger partial charge in [0, 0.05) is 5.56 Å². The summed E-state index contributed by atoms with van der Waals surface area (Å²) in [7, 11) is 1.45. The highest BCUT2D eigenvalue weighted by molar-refractivity contribution is 7.22. The number of oxazole rings is 1. The predicted molar refractivity (Wildman–Crippen MR) is 154 cm³/mol. The van der Waals surface area contributed by atoms with E-state index in [4.69, 9.17) is 19.6 Å². The molecule has 1 aromatic carbocycles. The summed E-state index contributed by atoms with van der Waals surface area (Å²) in [6.45, 7) is 4.38. The molecular formula is C29H33FN4O7S. The van der Waals surface area contributed by atoms with Crippen LogP contribution in [0.2, 0.25) is 0 Å². The number of amides is 1. The van der Waals surface area contributed by atoms with E-state index >= 15 is 0 Å². The summed E-state index contributed by atoms with van der Waals surface area (Å²) < 4.78 is 34.4. The summed E-state index contributed by atoms with van der Waals surface area (Å²) in [6, 6.07) is 4.04. The van der Waals surface area contributed by atoms with Gasteiger partial charge in [-0.2, -0.15) is 0 Å². The lowest BCUT2D eigenvalue weighted by molar-refractivity contribution is -0.125. The van der Waals surface area contributed by atoms with E-state index in [0.717, 1.165) is 15.9 Å². The number of fused-ring (bicyclic) bond motifs is 1. The molecule has 3 N–H and O–H groups in total. The van der Waals surface area contributed by atoms with Gasteiger partial charge in [-0.1, -0.05) is 0 Å². The number of carbonyl (C=O) groups is 1. The SMILES string of the molecule is COc1ccc(F)cc1[C@H](Cn1c(=O)n(C(C)(C)C(N)=O)c(=O)c2c(C)c(-c3ncco3)sc21)OC1CCC(O)CC1.